The number of fused-ring (bicyclic) bond motifs is 1. The van der Waals surface area contributed by atoms with Gasteiger partial charge in [-0.2, -0.15) is 0 Å². The van der Waals surface area contributed by atoms with Crippen LogP contribution in [0.1, 0.15) is 32.8 Å². The number of amides is 1. The highest BCUT2D eigenvalue weighted by Gasteiger charge is 2.29. The quantitative estimate of drug-likeness (QED) is 0.672. The number of esters is 1. The highest BCUT2D eigenvalue weighted by molar-refractivity contribution is 7.92. The van der Waals surface area contributed by atoms with Crippen molar-refractivity contribution in [3.05, 3.63) is 44.8 Å². The molecule has 1 amide bonds. The van der Waals surface area contributed by atoms with Crippen molar-refractivity contribution in [2.24, 2.45) is 0 Å². The van der Waals surface area contributed by atoms with E-state index in [1.54, 1.807) is 19.1 Å². The number of anilines is 2. The third kappa shape index (κ3) is 4.57. The minimum absolute atomic E-state index is 0.331. The summed E-state index contributed by atoms with van der Waals surface area (Å²) in [6.45, 7) is 1.30. The topological polar surface area (TPSA) is 92.8 Å². The number of hydrogen-bond donors (Lipinski definition) is 1. The Morgan fingerprint density at radius 3 is 2.69 bits per heavy atom. The first-order valence-electron chi connectivity index (χ1n) is 8.88. The summed E-state index contributed by atoms with van der Waals surface area (Å²) in [5.41, 5.74) is 2.26. The summed E-state index contributed by atoms with van der Waals surface area (Å²) in [4.78, 5) is 26.0. The molecule has 29 heavy (non-hydrogen) atoms. The van der Waals surface area contributed by atoms with Crippen molar-refractivity contribution in [3.63, 3.8) is 0 Å². The Bertz CT molecular complexity index is 1080. The third-order valence-corrected chi connectivity index (χ3v) is 7.26. The van der Waals surface area contributed by atoms with Crippen LogP contribution in [0.25, 0.3) is 0 Å². The highest BCUT2D eigenvalue weighted by Crippen LogP contribution is 2.39. The number of rotatable bonds is 6. The second kappa shape index (κ2) is 8.33. The summed E-state index contributed by atoms with van der Waals surface area (Å²) in [6.07, 6.45) is 3.58. The van der Waals surface area contributed by atoms with Crippen molar-refractivity contribution in [2.45, 2.75) is 26.2 Å². The smallest absolute Gasteiger partial charge is 0.341 e. The maximum absolute atomic E-state index is 12.7. The number of methoxy groups -OCH3 is 1. The number of aryl methyl sites for hydroxylation is 2. The van der Waals surface area contributed by atoms with Crippen molar-refractivity contribution in [1.29, 1.82) is 0 Å². The van der Waals surface area contributed by atoms with Gasteiger partial charge in [-0.1, -0.05) is 17.7 Å². The lowest BCUT2D eigenvalue weighted by atomic mass is 10.1. The van der Waals surface area contributed by atoms with Gasteiger partial charge in [0.25, 0.3) is 0 Å². The molecule has 0 atom stereocenters. The zero-order valence-electron chi connectivity index (χ0n) is 16.2. The lowest BCUT2D eigenvalue weighted by Crippen LogP contribution is -2.38. The van der Waals surface area contributed by atoms with Gasteiger partial charge in [0.2, 0.25) is 15.9 Å². The summed E-state index contributed by atoms with van der Waals surface area (Å²) in [6, 6.07) is 4.84. The molecule has 3 rings (SSSR count). The van der Waals surface area contributed by atoms with Gasteiger partial charge in [-0.3, -0.25) is 9.10 Å². The monoisotopic (exact) mass is 456 g/mol. The van der Waals surface area contributed by atoms with Gasteiger partial charge in [0.1, 0.15) is 11.5 Å². The van der Waals surface area contributed by atoms with Crippen LogP contribution in [0.4, 0.5) is 10.7 Å². The maximum atomic E-state index is 12.7. The zero-order chi connectivity index (χ0) is 21.3. The third-order valence-electron chi connectivity index (χ3n) is 4.69. The number of nitrogens with zero attached hydrogens (tertiary/aromatic N) is 1. The Morgan fingerprint density at radius 2 is 2.03 bits per heavy atom. The molecule has 1 N–H and O–H groups in total. The first-order valence-corrected chi connectivity index (χ1v) is 11.9. The molecule has 1 aromatic carbocycles. The van der Waals surface area contributed by atoms with E-state index in [0.29, 0.717) is 26.8 Å². The summed E-state index contributed by atoms with van der Waals surface area (Å²) in [5, 5.41) is 3.46. The van der Waals surface area contributed by atoms with Gasteiger partial charge >= 0.3 is 5.97 Å². The minimum Gasteiger partial charge on any atom is -0.465 e. The first-order chi connectivity index (χ1) is 13.6. The fourth-order valence-corrected chi connectivity index (χ4v) is 5.70. The number of hydrogen-bond acceptors (Lipinski definition) is 6. The molecule has 0 bridgehead atoms. The maximum Gasteiger partial charge on any atom is 0.341 e. The van der Waals surface area contributed by atoms with Gasteiger partial charge in [0.15, 0.2) is 0 Å². The summed E-state index contributed by atoms with van der Waals surface area (Å²) >= 11 is 7.35. The number of benzene rings is 1. The van der Waals surface area contributed by atoms with Gasteiger partial charge in [-0.25, -0.2) is 13.2 Å². The summed E-state index contributed by atoms with van der Waals surface area (Å²) in [7, 11) is -2.45. The molecule has 0 saturated heterocycles. The van der Waals surface area contributed by atoms with E-state index in [-0.39, 0.29) is 0 Å². The molecular weight excluding hydrogens is 436 g/mol. The van der Waals surface area contributed by atoms with Gasteiger partial charge in [0, 0.05) is 9.90 Å². The average molecular weight is 457 g/mol. The van der Waals surface area contributed by atoms with E-state index in [9.17, 15) is 18.0 Å². The van der Waals surface area contributed by atoms with E-state index >= 15 is 0 Å². The Morgan fingerprint density at radius 1 is 1.31 bits per heavy atom. The predicted octanol–water partition coefficient (Wildman–Crippen LogP) is 3.39. The molecule has 2 aromatic rings. The molecule has 7 nitrogen and oxygen atoms in total. The largest absolute Gasteiger partial charge is 0.465 e. The van der Waals surface area contributed by atoms with E-state index in [1.807, 2.05) is 0 Å². The Hall–Kier alpha value is -2.10. The number of halogens is 1. The van der Waals surface area contributed by atoms with Crippen molar-refractivity contribution >= 4 is 55.5 Å². The predicted molar refractivity (Wildman–Crippen MR) is 115 cm³/mol. The Balaban J connectivity index is 1.89. The molecule has 0 radical (unpaired) electrons. The molecule has 156 valence electrons. The zero-order valence-corrected chi connectivity index (χ0v) is 18.6. The van der Waals surface area contributed by atoms with Crippen LogP contribution in [0, 0.1) is 6.92 Å². The van der Waals surface area contributed by atoms with Crippen LogP contribution in [0.2, 0.25) is 5.02 Å². The van der Waals surface area contributed by atoms with E-state index in [2.05, 4.69) is 5.32 Å². The molecule has 0 fully saturated rings. The molecule has 0 saturated carbocycles. The number of carbonyl (C=O) groups is 2. The molecule has 1 aromatic heterocycles. The molecule has 1 heterocycles. The van der Waals surface area contributed by atoms with Crippen molar-refractivity contribution in [1.82, 2.24) is 0 Å². The molecule has 10 heteroatoms. The molecule has 1 aliphatic rings. The number of carbonyl (C=O) groups excluding carboxylic acids is 2. The average Bonchev–Trinajstić information content (AvgIpc) is 3.21. The molecule has 0 spiro atoms. The van der Waals surface area contributed by atoms with Gasteiger partial charge in [-0.05, 0) is 49.4 Å². The fourth-order valence-electron chi connectivity index (χ4n) is 3.34. The lowest BCUT2D eigenvalue weighted by molar-refractivity contribution is -0.114. The van der Waals surface area contributed by atoms with Gasteiger partial charge in [0.05, 0.1) is 24.6 Å². The van der Waals surface area contributed by atoms with Crippen molar-refractivity contribution in [3.8, 4) is 0 Å². The second-order valence-electron chi connectivity index (χ2n) is 6.80. The second-order valence-corrected chi connectivity index (χ2v) is 10.3. The Labute approximate surface area is 178 Å². The van der Waals surface area contributed by atoms with Crippen LogP contribution in [0.5, 0.6) is 0 Å². The molecule has 0 unspecified atom stereocenters. The SMILES string of the molecule is COC(=O)c1c(NC(=O)CN(c2cc(Cl)ccc2C)S(C)(=O)=O)sc2c1CCC2. The number of ether oxygens (including phenoxy) is 1. The number of sulfonamides is 1. The molecular formula is C19H21ClN2O5S2. The van der Waals surface area contributed by atoms with E-state index in [0.717, 1.165) is 40.3 Å². The standard InChI is InChI=1S/C19H21ClN2O5S2/c1-11-7-8-12(20)9-14(11)22(29(3,25)26)10-16(23)21-18-17(19(24)27-2)13-5-4-6-15(13)28-18/h7-9H,4-6,10H2,1-3H3,(H,21,23). The van der Waals surface area contributed by atoms with Gasteiger partial charge < -0.3 is 10.1 Å². The van der Waals surface area contributed by atoms with Crippen molar-refractivity contribution in [2.75, 3.05) is 29.5 Å². The first kappa shape index (κ1) is 21.6. The van der Waals surface area contributed by atoms with Crippen LogP contribution in [0.3, 0.4) is 0 Å². The van der Waals surface area contributed by atoms with Crippen LogP contribution < -0.4 is 9.62 Å². The summed E-state index contributed by atoms with van der Waals surface area (Å²) in [5.74, 6) is -1.06. The van der Waals surface area contributed by atoms with E-state index in [1.165, 1.54) is 24.5 Å². The van der Waals surface area contributed by atoms with E-state index < -0.39 is 28.4 Å². The van der Waals surface area contributed by atoms with E-state index in [4.69, 9.17) is 16.3 Å². The Kier molecular flexibility index (Phi) is 6.21. The van der Waals surface area contributed by atoms with Crippen LogP contribution in [-0.2, 0) is 32.4 Å². The molecule has 1 aliphatic carbocycles. The summed E-state index contributed by atoms with van der Waals surface area (Å²) < 4.78 is 30.6. The number of thiophene rings is 1. The highest BCUT2D eigenvalue weighted by atomic mass is 35.5. The normalized spacial score (nSPS) is 13.1. The number of nitrogens with one attached hydrogen (secondary N) is 1. The molecule has 0 aliphatic heterocycles. The van der Waals surface area contributed by atoms with Gasteiger partial charge in [-0.15, -0.1) is 11.3 Å². The van der Waals surface area contributed by atoms with Crippen LogP contribution >= 0.6 is 22.9 Å². The lowest BCUT2D eigenvalue weighted by Gasteiger charge is -2.23. The van der Waals surface area contributed by atoms with Crippen LogP contribution in [-0.4, -0.2) is 40.2 Å². The minimum atomic E-state index is -3.75. The van der Waals surface area contributed by atoms with Crippen LogP contribution in [0.15, 0.2) is 18.2 Å². The fraction of sp³-hybridized carbons (Fsp3) is 0.368. The van der Waals surface area contributed by atoms with Crippen molar-refractivity contribution < 1.29 is 22.7 Å².